The number of carbonyl (C=O) groups excluding carboxylic acids is 3. The maximum absolute atomic E-state index is 13.1. The van der Waals surface area contributed by atoms with Gasteiger partial charge < -0.3 is 29.4 Å². The van der Waals surface area contributed by atoms with Crippen molar-refractivity contribution < 1.29 is 28.3 Å². The van der Waals surface area contributed by atoms with Crippen LogP contribution in [0.25, 0.3) is 0 Å². The number of nitrogens with zero attached hydrogens (tertiary/aromatic N) is 1. The lowest BCUT2D eigenvalue weighted by atomic mass is 9.88. The molecule has 0 bridgehead atoms. The van der Waals surface area contributed by atoms with Gasteiger partial charge in [0.05, 0.1) is 19.9 Å². The van der Waals surface area contributed by atoms with Gasteiger partial charge in [-0.15, -0.1) is 0 Å². The second-order valence-electron chi connectivity index (χ2n) is 7.63. The highest BCUT2D eigenvalue weighted by atomic mass is 16.5. The number of piperidine rings is 1. The zero-order valence-electron chi connectivity index (χ0n) is 18.3. The Morgan fingerprint density at radius 3 is 2.59 bits per heavy atom. The number of amides is 3. The first-order chi connectivity index (χ1) is 15.5. The highest BCUT2D eigenvalue weighted by molar-refractivity contribution is 5.98. The second-order valence-corrected chi connectivity index (χ2v) is 7.63. The van der Waals surface area contributed by atoms with E-state index in [1.165, 1.54) is 20.5 Å². The van der Waals surface area contributed by atoms with Crippen LogP contribution in [0.1, 0.15) is 29.0 Å². The van der Waals surface area contributed by atoms with Crippen LogP contribution in [0.5, 0.6) is 5.75 Å². The molecule has 3 rings (SSSR count). The standard InChI is InChI=1S/C23H29N3O6/c1-30-15-20(27)26-10-8-16(9-11-26)21(23(29)24-14-19-7-4-12-32-19)25-22(28)17-5-3-6-18(13-17)31-2/h3-7,12-13,16,21H,8-11,14-15H2,1-2H3,(H,24,29)(H,25,28)/t21-/m1/s1. The number of hydrogen-bond acceptors (Lipinski definition) is 6. The third-order valence-electron chi connectivity index (χ3n) is 5.55. The summed E-state index contributed by atoms with van der Waals surface area (Å²) in [5.41, 5.74) is 0.404. The number of furan rings is 1. The van der Waals surface area contributed by atoms with E-state index in [0.29, 0.717) is 43.0 Å². The molecule has 1 aliphatic heterocycles. The molecular weight excluding hydrogens is 414 g/mol. The lowest BCUT2D eigenvalue weighted by molar-refractivity contribution is -0.136. The van der Waals surface area contributed by atoms with E-state index in [2.05, 4.69) is 10.6 Å². The highest BCUT2D eigenvalue weighted by Crippen LogP contribution is 2.22. The molecule has 1 atom stereocenters. The van der Waals surface area contributed by atoms with Gasteiger partial charge >= 0.3 is 0 Å². The summed E-state index contributed by atoms with van der Waals surface area (Å²) in [5.74, 6) is 0.329. The Labute approximate surface area is 187 Å². The van der Waals surface area contributed by atoms with Crippen LogP contribution in [0.2, 0.25) is 0 Å². The van der Waals surface area contributed by atoms with Gasteiger partial charge in [0, 0.05) is 25.8 Å². The smallest absolute Gasteiger partial charge is 0.252 e. The van der Waals surface area contributed by atoms with E-state index in [-0.39, 0.29) is 36.8 Å². The van der Waals surface area contributed by atoms with Gasteiger partial charge in [0.15, 0.2) is 0 Å². The molecule has 2 heterocycles. The lowest BCUT2D eigenvalue weighted by Crippen LogP contribution is -2.53. The Kier molecular flexibility index (Phi) is 8.27. The number of nitrogens with one attached hydrogen (secondary N) is 2. The van der Waals surface area contributed by atoms with Crippen LogP contribution in [0.15, 0.2) is 47.1 Å². The van der Waals surface area contributed by atoms with E-state index in [0.717, 1.165) is 0 Å². The normalized spacial score (nSPS) is 15.1. The molecule has 0 saturated carbocycles. The van der Waals surface area contributed by atoms with Crippen LogP contribution in [-0.4, -0.2) is 62.6 Å². The number of benzene rings is 1. The molecule has 2 aromatic rings. The highest BCUT2D eigenvalue weighted by Gasteiger charge is 2.34. The Hall–Kier alpha value is -3.33. The number of methoxy groups -OCH3 is 2. The van der Waals surface area contributed by atoms with Crippen LogP contribution >= 0.6 is 0 Å². The fourth-order valence-corrected chi connectivity index (χ4v) is 3.78. The fourth-order valence-electron chi connectivity index (χ4n) is 3.78. The van der Waals surface area contributed by atoms with Crippen molar-refractivity contribution in [3.05, 3.63) is 54.0 Å². The monoisotopic (exact) mass is 443 g/mol. The summed E-state index contributed by atoms with van der Waals surface area (Å²) in [5, 5.41) is 5.73. The molecule has 1 aliphatic rings. The van der Waals surface area contributed by atoms with Crippen molar-refractivity contribution in [2.24, 2.45) is 5.92 Å². The molecule has 0 spiro atoms. The van der Waals surface area contributed by atoms with Gasteiger partial charge in [-0.05, 0) is 49.1 Å². The first kappa shape index (κ1) is 23.3. The predicted octanol–water partition coefficient (Wildman–Crippen LogP) is 1.59. The van der Waals surface area contributed by atoms with Crippen molar-refractivity contribution in [3.63, 3.8) is 0 Å². The molecule has 172 valence electrons. The number of hydrogen-bond donors (Lipinski definition) is 2. The first-order valence-corrected chi connectivity index (χ1v) is 10.5. The van der Waals surface area contributed by atoms with Gasteiger partial charge in [0.2, 0.25) is 11.8 Å². The minimum Gasteiger partial charge on any atom is -0.497 e. The van der Waals surface area contributed by atoms with E-state index in [1.807, 2.05) is 0 Å². The summed E-state index contributed by atoms with van der Waals surface area (Å²) in [4.78, 5) is 39.8. The maximum Gasteiger partial charge on any atom is 0.252 e. The largest absolute Gasteiger partial charge is 0.497 e. The van der Waals surface area contributed by atoms with Gasteiger partial charge in [-0.1, -0.05) is 6.07 Å². The third kappa shape index (κ3) is 6.10. The molecule has 9 heteroatoms. The number of likely N-dealkylation sites (tertiary alicyclic amines) is 1. The second kappa shape index (κ2) is 11.3. The van der Waals surface area contributed by atoms with Crippen LogP contribution in [-0.2, 0) is 20.9 Å². The summed E-state index contributed by atoms with van der Waals surface area (Å²) in [6, 6.07) is 9.53. The van der Waals surface area contributed by atoms with Gasteiger partial charge in [-0.2, -0.15) is 0 Å². The minimum absolute atomic E-state index is 0.0320. The van der Waals surface area contributed by atoms with E-state index < -0.39 is 6.04 Å². The zero-order chi connectivity index (χ0) is 22.9. The topological polar surface area (TPSA) is 110 Å². The van der Waals surface area contributed by atoms with Crippen molar-refractivity contribution in [2.45, 2.75) is 25.4 Å². The van der Waals surface area contributed by atoms with Crippen LogP contribution < -0.4 is 15.4 Å². The summed E-state index contributed by atoms with van der Waals surface area (Å²) in [7, 11) is 3.01. The van der Waals surface area contributed by atoms with Crippen molar-refractivity contribution in [1.82, 2.24) is 15.5 Å². The molecule has 32 heavy (non-hydrogen) atoms. The lowest BCUT2D eigenvalue weighted by Gasteiger charge is -2.35. The summed E-state index contributed by atoms with van der Waals surface area (Å²) in [6.45, 7) is 1.26. The van der Waals surface area contributed by atoms with Crippen molar-refractivity contribution in [1.29, 1.82) is 0 Å². The first-order valence-electron chi connectivity index (χ1n) is 10.5. The zero-order valence-corrected chi connectivity index (χ0v) is 18.3. The predicted molar refractivity (Wildman–Crippen MR) is 116 cm³/mol. The SMILES string of the molecule is COCC(=O)N1CCC([C@@H](NC(=O)c2cccc(OC)c2)C(=O)NCc2ccco2)CC1. The maximum atomic E-state index is 13.1. The molecule has 1 fully saturated rings. The Balaban J connectivity index is 1.69. The summed E-state index contributed by atoms with van der Waals surface area (Å²) in [6.07, 6.45) is 2.72. The molecule has 0 radical (unpaired) electrons. The molecule has 0 aliphatic carbocycles. The quantitative estimate of drug-likeness (QED) is 0.609. The average Bonchev–Trinajstić information content (AvgIpc) is 3.35. The van der Waals surface area contributed by atoms with E-state index in [1.54, 1.807) is 41.3 Å². The van der Waals surface area contributed by atoms with Crippen LogP contribution in [0.4, 0.5) is 0 Å². The molecule has 3 amide bonds. The number of carbonyl (C=O) groups is 3. The van der Waals surface area contributed by atoms with Gasteiger partial charge in [0.1, 0.15) is 24.2 Å². The average molecular weight is 444 g/mol. The Morgan fingerprint density at radius 2 is 1.94 bits per heavy atom. The summed E-state index contributed by atoms with van der Waals surface area (Å²) < 4.78 is 15.4. The molecule has 1 saturated heterocycles. The van der Waals surface area contributed by atoms with E-state index in [9.17, 15) is 14.4 Å². The van der Waals surface area contributed by atoms with Gasteiger partial charge in [-0.3, -0.25) is 14.4 Å². The fraction of sp³-hybridized carbons (Fsp3) is 0.435. The van der Waals surface area contributed by atoms with E-state index >= 15 is 0 Å². The third-order valence-corrected chi connectivity index (χ3v) is 5.55. The molecule has 1 aromatic carbocycles. The van der Waals surface area contributed by atoms with Crippen LogP contribution in [0.3, 0.4) is 0 Å². The van der Waals surface area contributed by atoms with Crippen molar-refractivity contribution in [2.75, 3.05) is 33.9 Å². The summed E-state index contributed by atoms with van der Waals surface area (Å²) >= 11 is 0. The van der Waals surface area contributed by atoms with Crippen molar-refractivity contribution >= 4 is 17.7 Å². The Morgan fingerprint density at radius 1 is 1.16 bits per heavy atom. The molecule has 1 aromatic heterocycles. The van der Waals surface area contributed by atoms with E-state index in [4.69, 9.17) is 13.9 Å². The molecule has 9 nitrogen and oxygen atoms in total. The molecular formula is C23H29N3O6. The van der Waals surface area contributed by atoms with Gasteiger partial charge in [0.25, 0.3) is 5.91 Å². The van der Waals surface area contributed by atoms with Crippen molar-refractivity contribution in [3.8, 4) is 5.75 Å². The van der Waals surface area contributed by atoms with Crippen LogP contribution in [0, 0.1) is 5.92 Å². The molecule has 2 N–H and O–H groups in total. The van der Waals surface area contributed by atoms with Gasteiger partial charge in [-0.25, -0.2) is 0 Å². The number of rotatable bonds is 9. The Bertz CT molecular complexity index is 906. The number of ether oxygens (including phenoxy) is 2. The molecule has 0 unspecified atom stereocenters. The minimum atomic E-state index is -0.747.